The van der Waals surface area contributed by atoms with Crippen molar-refractivity contribution in [3.8, 4) is 0 Å². The molecule has 1 saturated heterocycles. The predicted molar refractivity (Wildman–Crippen MR) is 108 cm³/mol. The number of hydrogen-bond acceptors (Lipinski definition) is 4. The molecule has 2 fully saturated rings. The number of nitrogens with one attached hydrogen (secondary N) is 1. The van der Waals surface area contributed by atoms with E-state index in [1.165, 1.54) is 30.4 Å². The molecule has 4 nitrogen and oxygen atoms in total. The molecule has 1 N–H and O–H groups in total. The molecule has 0 radical (unpaired) electrons. The molecule has 0 spiro atoms. The summed E-state index contributed by atoms with van der Waals surface area (Å²) in [5.74, 6) is 0.923. The van der Waals surface area contributed by atoms with Gasteiger partial charge in [-0.3, -0.25) is 4.79 Å². The molecule has 4 rings (SSSR count). The van der Waals surface area contributed by atoms with Crippen LogP contribution in [-0.4, -0.2) is 34.9 Å². The van der Waals surface area contributed by atoms with Gasteiger partial charge < -0.3 is 10.2 Å². The second-order valence-corrected chi connectivity index (χ2v) is 7.99. The van der Waals surface area contributed by atoms with E-state index in [2.05, 4.69) is 16.4 Å². The number of halogens is 2. The highest BCUT2D eigenvalue weighted by Crippen LogP contribution is 2.33. The van der Waals surface area contributed by atoms with Gasteiger partial charge in [0, 0.05) is 13.1 Å². The fourth-order valence-electron chi connectivity index (χ4n) is 4.04. The molecule has 0 bridgehead atoms. The Morgan fingerprint density at radius 2 is 2.04 bits per heavy atom. The van der Waals surface area contributed by atoms with Gasteiger partial charge in [0.1, 0.15) is 5.01 Å². The molecule has 3 atom stereocenters. The van der Waals surface area contributed by atoms with Gasteiger partial charge in [0.15, 0.2) is 0 Å². The minimum absolute atomic E-state index is 0. The van der Waals surface area contributed by atoms with Crippen LogP contribution in [0.5, 0.6) is 0 Å². The van der Waals surface area contributed by atoms with Crippen molar-refractivity contribution in [1.82, 2.24) is 15.2 Å². The summed E-state index contributed by atoms with van der Waals surface area (Å²) in [6.07, 6.45) is 6.15. The number of carbonyl (C=O) groups is 1. The second kappa shape index (κ2) is 8.67. The van der Waals surface area contributed by atoms with Crippen molar-refractivity contribution in [3.63, 3.8) is 0 Å². The third-order valence-electron chi connectivity index (χ3n) is 5.25. The first-order chi connectivity index (χ1) is 11.2. The van der Waals surface area contributed by atoms with Gasteiger partial charge in [0.2, 0.25) is 5.91 Å². The number of amides is 1. The van der Waals surface area contributed by atoms with Crippen LogP contribution in [0.2, 0.25) is 0 Å². The zero-order chi connectivity index (χ0) is 15.8. The molecule has 1 aromatic carbocycles. The Morgan fingerprint density at radius 1 is 1.28 bits per heavy atom. The van der Waals surface area contributed by atoms with Gasteiger partial charge in [0.25, 0.3) is 0 Å². The van der Waals surface area contributed by atoms with E-state index < -0.39 is 0 Å². The van der Waals surface area contributed by atoms with Crippen molar-refractivity contribution < 1.29 is 4.79 Å². The summed E-state index contributed by atoms with van der Waals surface area (Å²) in [7, 11) is 1.90. The molecule has 1 aromatic heterocycles. The topological polar surface area (TPSA) is 45.2 Å². The van der Waals surface area contributed by atoms with Gasteiger partial charge in [0.05, 0.1) is 22.8 Å². The average Bonchev–Trinajstić information content (AvgIpc) is 3.16. The summed E-state index contributed by atoms with van der Waals surface area (Å²) in [5, 5.41) is 4.59. The van der Waals surface area contributed by atoms with Crippen LogP contribution < -0.4 is 5.32 Å². The Balaban J connectivity index is 0.00000113. The van der Waals surface area contributed by atoms with Crippen molar-refractivity contribution in [3.05, 3.63) is 29.3 Å². The number of aromatic nitrogens is 1. The van der Waals surface area contributed by atoms with E-state index in [-0.39, 0.29) is 36.8 Å². The average molecular weight is 402 g/mol. The van der Waals surface area contributed by atoms with E-state index >= 15 is 0 Å². The highest BCUT2D eigenvalue weighted by molar-refractivity contribution is 7.18. The molecule has 1 aliphatic carbocycles. The van der Waals surface area contributed by atoms with Gasteiger partial charge in [-0.15, -0.1) is 36.2 Å². The summed E-state index contributed by atoms with van der Waals surface area (Å²) >= 11 is 1.68. The van der Waals surface area contributed by atoms with E-state index in [0.29, 0.717) is 18.5 Å². The van der Waals surface area contributed by atoms with Crippen LogP contribution in [-0.2, 0) is 11.3 Å². The van der Waals surface area contributed by atoms with Crippen LogP contribution in [0, 0.1) is 5.92 Å². The number of rotatable bonds is 3. The maximum Gasteiger partial charge on any atom is 0.239 e. The zero-order valence-electron chi connectivity index (χ0n) is 14.3. The fraction of sp³-hybridized carbons (Fsp3) is 0.556. The molecule has 7 heteroatoms. The maximum absolute atomic E-state index is 12.7. The zero-order valence-corrected chi connectivity index (χ0v) is 16.8. The lowest BCUT2D eigenvalue weighted by Crippen LogP contribution is -2.43. The van der Waals surface area contributed by atoms with Crippen LogP contribution in [0.25, 0.3) is 10.2 Å². The SMILES string of the molecule is CN(Cc1nc2ccccc2s1)C(=O)C1CC2CCCCC2N1.Cl.Cl. The first-order valence-electron chi connectivity index (χ1n) is 8.56. The number of para-hydroxylation sites is 1. The molecule has 138 valence electrons. The van der Waals surface area contributed by atoms with Gasteiger partial charge in [-0.05, 0) is 37.3 Å². The summed E-state index contributed by atoms with van der Waals surface area (Å²) in [6.45, 7) is 0.603. The van der Waals surface area contributed by atoms with E-state index in [4.69, 9.17) is 0 Å². The second-order valence-electron chi connectivity index (χ2n) is 6.88. The largest absolute Gasteiger partial charge is 0.338 e. The molecule has 2 aromatic rings. The quantitative estimate of drug-likeness (QED) is 0.844. The van der Waals surface area contributed by atoms with E-state index in [1.54, 1.807) is 11.3 Å². The normalized spacial score (nSPS) is 24.9. The molecule has 25 heavy (non-hydrogen) atoms. The number of likely N-dealkylation sites (N-methyl/N-ethyl adjacent to an activating group) is 1. The Labute approximate surface area is 165 Å². The summed E-state index contributed by atoms with van der Waals surface area (Å²) < 4.78 is 1.19. The number of thiazole rings is 1. The number of hydrogen-bond donors (Lipinski definition) is 1. The predicted octanol–water partition coefficient (Wildman–Crippen LogP) is 4.02. The lowest BCUT2D eigenvalue weighted by molar-refractivity contribution is -0.132. The van der Waals surface area contributed by atoms with E-state index in [1.807, 2.05) is 30.1 Å². The molecular formula is C18H25Cl2N3OS. The van der Waals surface area contributed by atoms with Gasteiger partial charge in [-0.2, -0.15) is 0 Å². The van der Waals surface area contributed by atoms with Gasteiger partial charge in [-0.25, -0.2) is 4.98 Å². The van der Waals surface area contributed by atoms with Crippen LogP contribution >= 0.6 is 36.2 Å². The first kappa shape index (κ1) is 20.4. The molecule has 2 heterocycles. The molecule has 1 amide bonds. The fourth-order valence-corrected chi connectivity index (χ4v) is 5.07. The minimum atomic E-state index is 0. The Morgan fingerprint density at radius 3 is 2.80 bits per heavy atom. The van der Waals surface area contributed by atoms with Crippen LogP contribution in [0.1, 0.15) is 37.1 Å². The lowest BCUT2D eigenvalue weighted by Gasteiger charge is -2.24. The Hall–Kier alpha value is -0.880. The lowest BCUT2D eigenvalue weighted by atomic mass is 9.85. The van der Waals surface area contributed by atoms with E-state index in [9.17, 15) is 4.79 Å². The van der Waals surface area contributed by atoms with Crippen molar-refractivity contribution in [2.24, 2.45) is 5.92 Å². The third-order valence-corrected chi connectivity index (χ3v) is 6.27. The van der Waals surface area contributed by atoms with Crippen LogP contribution in [0.3, 0.4) is 0 Å². The van der Waals surface area contributed by atoms with Crippen molar-refractivity contribution >= 4 is 52.3 Å². The summed E-state index contributed by atoms with van der Waals surface area (Å²) in [6, 6.07) is 8.71. The molecule has 1 aliphatic heterocycles. The highest BCUT2D eigenvalue weighted by Gasteiger charge is 2.39. The van der Waals surface area contributed by atoms with Gasteiger partial charge >= 0.3 is 0 Å². The van der Waals surface area contributed by atoms with Crippen LogP contribution in [0.15, 0.2) is 24.3 Å². The minimum Gasteiger partial charge on any atom is -0.338 e. The standard InChI is InChI=1S/C18H23N3OS.2ClH/c1-21(11-17-20-14-8-4-5-9-16(14)23-17)18(22)15-10-12-6-2-3-7-13(12)19-15;;/h4-5,8-9,12-13,15,19H,2-3,6-7,10-11H2,1H3;2*1H. The third kappa shape index (κ3) is 4.27. The summed E-state index contributed by atoms with van der Waals surface area (Å²) in [5.41, 5.74) is 1.03. The molecule has 1 saturated carbocycles. The number of carbonyl (C=O) groups excluding carboxylic acids is 1. The molecule has 2 aliphatic rings. The van der Waals surface area contributed by atoms with Gasteiger partial charge in [-0.1, -0.05) is 25.0 Å². The Bertz CT molecular complexity index is 676. The maximum atomic E-state index is 12.7. The number of benzene rings is 1. The van der Waals surface area contributed by atoms with E-state index in [0.717, 1.165) is 16.9 Å². The van der Waals surface area contributed by atoms with Crippen LogP contribution in [0.4, 0.5) is 0 Å². The first-order valence-corrected chi connectivity index (χ1v) is 9.38. The smallest absolute Gasteiger partial charge is 0.239 e. The number of nitrogens with zero attached hydrogens (tertiary/aromatic N) is 2. The van der Waals surface area contributed by atoms with Crippen molar-refractivity contribution in [2.75, 3.05) is 7.05 Å². The summed E-state index contributed by atoms with van der Waals surface area (Å²) in [4.78, 5) is 19.2. The highest BCUT2D eigenvalue weighted by atomic mass is 35.5. The Kier molecular flexibility index (Phi) is 7.09. The molecule has 3 unspecified atom stereocenters. The van der Waals surface area contributed by atoms with Crippen molar-refractivity contribution in [2.45, 2.75) is 50.7 Å². The monoisotopic (exact) mass is 401 g/mol. The molecular weight excluding hydrogens is 377 g/mol. The van der Waals surface area contributed by atoms with Crippen molar-refractivity contribution in [1.29, 1.82) is 0 Å². The number of fused-ring (bicyclic) bond motifs is 2.